The molecule has 3 rings (SSSR count). The third-order valence-corrected chi connectivity index (χ3v) is 4.80. The van der Waals surface area contributed by atoms with Crippen molar-refractivity contribution in [2.75, 3.05) is 37.6 Å². The first kappa shape index (κ1) is 22.3. The molecule has 0 bridgehead atoms. The molecule has 0 saturated carbocycles. The summed E-state index contributed by atoms with van der Waals surface area (Å²) >= 11 is 0. The zero-order valence-corrected chi connectivity index (χ0v) is 16.5. The van der Waals surface area contributed by atoms with Gasteiger partial charge in [-0.3, -0.25) is 4.79 Å². The standard InChI is InChI=1S/C20H21F4N5O2/c21-16-4-1-14(2-5-16)11-26-19(31)27-13-18(30)29-9-7-28(8-10-29)17-6-3-15(12-25-17)20(22,23)24/h1-6,12H,7-11,13H2,(H2,26,27,31). The number of alkyl halides is 3. The molecule has 1 saturated heterocycles. The highest BCUT2D eigenvalue weighted by atomic mass is 19.4. The molecule has 2 aromatic rings. The molecule has 0 radical (unpaired) electrons. The molecule has 0 atom stereocenters. The van der Waals surface area contributed by atoms with E-state index < -0.39 is 17.8 Å². The van der Waals surface area contributed by atoms with Gasteiger partial charge in [0.2, 0.25) is 5.91 Å². The Balaban J connectivity index is 1.39. The summed E-state index contributed by atoms with van der Waals surface area (Å²) in [6.07, 6.45) is -3.64. The Morgan fingerprint density at radius 2 is 1.65 bits per heavy atom. The lowest BCUT2D eigenvalue weighted by molar-refractivity contribution is -0.137. The monoisotopic (exact) mass is 439 g/mol. The second-order valence-corrected chi connectivity index (χ2v) is 6.93. The molecule has 1 aromatic heterocycles. The zero-order chi connectivity index (χ0) is 22.4. The van der Waals surface area contributed by atoms with Gasteiger partial charge in [0.05, 0.1) is 12.1 Å². The van der Waals surface area contributed by atoms with E-state index in [9.17, 15) is 27.2 Å². The third kappa shape index (κ3) is 6.30. The highest BCUT2D eigenvalue weighted by Gasteiger charge is 2.31. The summed E-state index contributed by atoms with van der Waals surface area (Å²) in [4.78, 5) is 31.4. The summed E-state index contributed by atoms with van der Waals surface area (Å²) in [6, 6.07) is 7.45. The molecule has 1 fully saturated rings. The minimum Gasteiger partial charge on any atom is -0.353 e. The quantitative estimate of drug-likeness (QED) is 0.702. The van der Waals surface area contributed by atoms with Gasteiger partial charge in [-0.05, 0) is 29.8 Å². The number of anilines is 1. The number of amides is 3. The fourth-order valence-corrected chi connectivity index (χ4v) is 3.04. The van der Waals surface area contributed by atoms with Crippen LogP contribution in [0.5, 0.6) is 0 Å². The lowest BCUT2D eigenvalue weighted by Crippen LogP contribution is -2.52. The van der Waals surface area contributed by atoms with Crippen LogP contribution in [-0.4, -0.2) is 54.5 Å². The van der Waals surface area contributed by atoms with E-state index in [2.05, 4.69) is 15.6 Å². The van der Waals surface area contributed by atoms with Gasteiger partial charge >= 0.3 is 12.2 Å². The number of benzene rings is 1. The van der Waals surface area contributed by atoms with Gasteiger partial charge in [0, 0.05) is 38.9 Å². The van der Waals surface area contributed by atoms with Gasteiger partial charge in [0.15, 0.2) is 0 Å². The summed E-state index contributed by atoms with van der Waals surface area (Å²) in [5.41, 5.74) is -0.0929. The third-order valence-electron chi connectivity index (χ3n) is 4.80. The van der Waals surface area contributed by atoms with Gasteiger partial charge < -0.3 is 20.4 Å². The predicted octanol–water partition coefficient (Wildman–Crippen LogP) is 2.39. The van der Waals surface area contributed by atoms with Gasteiger partial charge in [-0.1, -0.05) is 12.1 Å². The van der Waals surface area contributed by atoms with Crippen LogP contribution in [0.3, 0.4) is 0 Å². The highest BCUT2D eigenvalue weighted by molar-refractivity contribution is 5.84. The van der Waals surface area contributed by atoms with Crippen LogP contribution in [-0.2, 0) is 17.5 Å². The Kier molecular flexibility index (Phi) is 6.93. The van der Waals surface area contributed by atoms with Gasteiger partial charge in [0.25, 0.3) is 0 Å². The number of rotatable bonds is 5. The average molecular weight is 439 g/mol. The van der Waals surface area contributed by atoms with Crippen molar-refractivity contribution in [2.45, 2.75) is 12.7 Å². The van der Waals surface area contributed by atoms with Crippen molar-refractivity contribution in [1.29, 1.82) is 0 Å². The Morgan fingerprint density at radius 3 is 2.23 bits per heavy atom. The summed E-state index contributed by atoms with van der Waals surface area (Å²) in [6.45, 7) is 1.56. The number of hydrogen-bond acceptors (Lipinski definition) is 4. The molecular formula is C20H21F4N5O2. The molecule has 0 spiro atoms. The van der Waals surface area contributed by atoms with Crippen molar-refractivity contribution in [2.24, 2.45) is 0 Å². The van der Waals surface area contributed by atoms with Crippen LogP contribution in [0.15, 0.2) is 42.6 Å². The molecule has 2 N–H and O–H groups in total. The Hall–Kier alpha value is -3.37. The van der Waals surface area contributed by atoms with Crippen LogP contribution in [0.25, 0.3) is 0 Å². The van der Waals surface area contributed by atoms with Gasteiger partial charge in [-0.2, -0.15) is 13.2 Å². The normalized spacial score (nSPS) is 14.3. The lowest BCUT2D eigenvalue weighted by atomic mass is 10.2. The van der Waals surface area contributed by atoms with E-state index >= 15 is 0 Å². The maximum atomic E-state index is 12.9. The van der Waals surface area contributed by atoms with Gasteiger partial charge in [0.1, 0.15) is 11.6 Å². The number of nitrogens with zero attached hydrogens (tertiary/aromatic N) is 3. The smallest absolute Gasteiger partial charge is 0.353 e. The van der Waals surface area contributed by atoms with E-state index in [0.29, 0.717) is 32.0 Å². The fourth-order valence-electron chi connectivity index (χ4n) is 3.04. The first-order valence-electron chi connectivity index (χ1n) is 9.54. The molecule has 31 heavy (non-hydrogen) atoms. The summed E-state index contributed by atoms with van der Waals surface area (Å²) in [7, 11) is 0. The Bertz CT molecular complexity index is 895. The summed E-state index contributed by atoms with van der Waals surface area (Å²) in [5.74, 6) is -0.219. The summed E-state index contributed by atoms with van der Waals surface area (Å²) in [5, 5.41) is 5.06. The average Bonchev–Trinajstić information content (AvgIpc) is 2.76. The van der Waals surface area contributed by atoms with Crippen molar-refractivity contribution in [3.8, 4) is 0 Å². The minimum atomic E-state index is -4.44. The van der Waals surface area contributed by atoms with Crippen LogP contribution >= 0.6 is 0 Å². The van der Waals surface area contributed by atoms with Crippen LogP contribution in [0.2, 0.25) is 0 Å². The van der Waals surface area contributed by atoms with E-state index in [4.69, 9.17) is 0 Å². The molecule has 11 heteroatoms. The molecule has 0 aliphatic carbocycles. The van der Waals surface area contributed by atoms with Crippen LogP contribution < -0.4 is 15.5 Å². The predicted molar refractivity (Wildman–Crippen MR) is 105 cm³/mol. The number of nitrogens with one attached hydrogen (secondary N) is 2. The molecular weight excluding hydrogens is 418 g/mol. The molecule has 166 valence electrons. The number of urea groups is 1. The number of carbonyl (C=O) groups excluding carboxylic acids is 2. The Morgan fingerprint density at radius 1 is 0.968 bits per heavy atom. The molecule has 3 amide bonds. The molecule has 7 nitrogen and oxygen atoms in total. The number of aromatic nitrogens is 1. The van der Waals surface area contributed by atoms with E-state index in [1.807, 2.05) is 0 Å². The maximum absolute atomic E-state index is 12.9. The van der Waals surface area contributed by atoms with Crippen molar-refractivity contribution in [1.82, 2.24) is 20.5 Å². The zero-order valence-electron chi connectivity index (χ0n) is 16.5. The van der Waals surface area contributed by atoms with E-state index in [1.165, 1.54) is 18.2 Å². The van der Waals surface area contributed by atoms with E-state index in [-0.39, 0.29) is 24.8 Å². The fraction of sp³-hybridized carbons (Fsp3) is 0.350. The molecule has 1 aliphatic rings. The molecule has 1 aromatic carbocycles. The minimum absolute atomic E-state index is 0.187. The van der Waals surface area contributed by atoms with Crippen molar-refractivity contribution in [3.05, 3.63) is 59.5 Å². The first-order chi connectivity index (χ1) is 14.7. The van der Waals surface area contributed by atoms with Crippen LogP contribution in [0, 0.1) is 5.82 Å². The van der Waals surface area contributed by atoms with Crippen molar-refractivity contribution < 1.29 is 27.2 Å². The second kappa shape index (κ2) is 9.63. The lowest BCUT2D eigenvalue weighted by Gasteiger charge is -2.35. The second-order valence-electron chi connectivity index (χ2n) is 6.93. The maximum Gasteiger partial charge on any atom is 0.417 e. The first-order valence-corrected chi connectivity index (χ1v) is 9.54. The van der Waals surface area contributed by atoms with Crippen LogP contribution in [0.4, 0.5) is 28.2 Å². The van der Waals surface area contributed by atoms with Crippen LogP contribution in [0.1, 0.15) is 11.1 Å². The van der Waals surface area contributed by atoms with Gasteiger partial charge in [-0.15, -0.1) is 0 Å². The SMILES string of the molecule is O=C(NCC(=O)N1CCN(c2ccc(C(F)(F)F)cn2)CC1)NCc1ccc(F)cc1. The molecule has 2 heterocycles. The number of halogens is 4. The van der Waals surface area contributed by atoms with Crippen molar-refractivity contribution >= 4 is 17.8 Å². The number of piperazine rings is 1. The molecule has 1 aliphatic heterocycles. The van der Waals surface area contributed by atoms with Crippen molar-refractivity contribution in [3.63, 3.8) is 0 Å². The number of carbonyl (C=O) groups is 2. The van der Waals surface area contributed by atoms with Gasteiger partial charge in [-0.25, -0.2) is 14.2 Å². The number of hydrogen-bond donors (Lipinski definition) is 2. The molecule has 0 unspecified atom stereocenters. The highest BCUT2D eigenvalue weighted by Crippen LogP contribution is 2.29. The van der Waals surface area contributed by atoms with E-state index in [1.54, 1.807) is 21.9 Å². The Labute approximate surface area is 176 Å². The number of pyridine rings is 1. The van der Waals surface area contributed by atoms with E-state index in [0.717, 1.165) is 17.8 Å². The summed E-state index contributed by atoms with van der Waals surface area (Å²) < 4.78 is 50.8. The largest absolute Gasteiger partial charge is 0.417 e. The topological polar surface area (TPSA) is 77.6 Å².